The molecular formula is C73H128O17P2. The fourth-order valence-electron chi connectivity index (χ4n) is 9.35. The highest BCUT2D eigenvalue weighted by molar-refractivity contribution is 7.47. The van der Waals surface area contributed by atoms with Crippen molar-refractivity contribution in [2.75, 3.05) is 39.6 Å². The first-order valence-corrected chi connectivity index (χ1v) is 38.8. The molecule has 0 radical (unpaired) electrons. The summed E-state index contributed by atoms with van der Waals surface area (Å²) in [4.78, 5) is 72.5. The van der Waals surface area contributed by atoms with Crippen molar-refractivity contribution in [3.8, 4) is 0 Å². The third-order valence-electron chi connectivity index (χ3n) is 14.8. The third-order valence-corrected chi connectivity index (χ3v) is 16.7. The van der Waals surface area contributed by atoms with Crippen molar-refractivity contribution < 1.29 is 80.2 Å². The summed E-state index contributed by atoms with van der Waals surface area (Å²) in [5.74, 6) is -2.24. The first-order chi connectivity index (χ1) is 44.7. The van der Waals surface area contributed by atoms with Crippen LogP contribution in [-0.4, -0.2) is 96.7 Å². The van der Waals surface area contributed by atoms with Crippen LogP contribution in [0.2, 0.25) is 0 Å². The van der Waals surface area contributed by atoms with Crippen LogP contribution in [0.5, 0.6) is 0 Å². The average molecular weight is 1340 g/mol. The lowest BCUT2D eigenvalue weighted by atomic mass is 10.0. The summed E-state index contributed by atoms with van der Waals surface area (Å²) in [6, 6.07) is 0. The van der Waals surface area contributed by atoms with Crippen LogP contribution in [0.3, 0.4) is 0 Å². The van der Waals surface area contributed by atoms with Gasteiger partial charge in [-0.25, -0.2) is 9.13 Å². The van der Waals surface area contributed by atoms with Crippen LogP contribution in [-0.2, 0) is 65.4 Å². The maximum atomic E-state index is 13.0. The van der Waals surface area contributed by atoms with Gasteiger partial charge in [-0.1, -0.05) is 248 Å². The van der Waals surface area contributed by atoms with Crippen molar-refractivity contribution in [3.63, 3.8) is 0 Å². The molecule has 5 atom stereocenters. The highest BCUT2D eigenvalue weighted by Crippen LogP contribution is 2.45. The molecule has 0 spiro atoms. The van der Waals surface area contributed by atoms with Gasteiger partial charge in [0.15, 0.2) is 12.2 Å². The Balaban J connectivity index is 5.35. The van der Waals surface area contributed by atoms with Crippen LogP contribution in [0.4, 0.5) is 0 Å². The quantitative estimate of drug-likeness (QED) is 0.0169. The first kappa shape index (κ1) is 88.2. The number of esters is 4. The molecule has 0 aliphatic rings. The largest absolute Gasteiger partial charge is 0.472 e. The average Bonchev–Trinajstić information content (AvgIpc) is 2.73. The second kappa shape index (κ2) is 65.9. The van der Waals surface area contributed by atoms with Crippen molar-refractivity contribution in [2.45, 2.75) is 316 Å². The van der Waals surface area contributed by atoms with Gasteiger partial charge in [-0.15, -0.1) is 0 Å². The minimum atomic E-state index is -4.98. The topological polar surface area (TPSA) is 237 Å². The van der Waals surface area contributed by atoms with Gasteiger partial charge in [0.25, 0.3) is 0 Å². The minimum Gasteiger partial charge on any atom is -0.462 e. The van der Waals surface area contributed by atoms with E-state index in [-0.39, 0.29) is 25.7 Å². The summed E-state index contributed by atoms with van der Waals surface area (Å²) in [7, 11) is -9.94. The number of rotatable bonds is 67. The van der Waals surface area contributed by atoms with Crippen LogP contribution in [0.1, 0.15) is 297 Å². The molecule has 0 heterocycles. The zero-order valence-electron chi connectivity index (χ0n) is 57.7. The fourth-order valence-corrected chi connectivity index (χ4v) is 10.9. The van der Waals surface area contributed by atoms with Gasteiger partial charge in [0.05, 0.1) is 26.4 Å². The zero-order valence-corrected chi connectivity index (χ0v) is 59.5. The highest BCUT2D eigenvalue weighted by atomic mass is 31.2. The molecule has 0 aromatic rings. The molecule has 0 saturated carbocycles. The molecular weight excluding hydrogens is 1210 g/mol. The highest BCUT2D eigenvalue weighted by Gasteiger charge is 2.30. The van der Waals surface area contributed by atoms with Crippen molar-refractivity contribution in [2.24, 2.45) is 0 Å². The van der Waals surface area contributed by atoms with E-state index in [1.165, 1.54) is 70.6 Å². The molecule has 17 nitrogen and oxygen atoms in total. The predicted molar refractivity (Wildman–Crippen MR) is 372 cm³/mol. The lowest BCUT2D eigenvalue weighted by molar-refractivity contribution is -0.161. The Bertz CT molecular complexity index is 2090. The Morgan fingerprint density at radius 2 is 0.598 bits per heavy atom. The molecule has 0 bridgehead atoms. The van der Waals surface area contributed by atoms with E-state index >= 15 is 0 Å². The summed E-state index contributed by atoms with van der Waals surface area (Å²) >= 11 is 0. The summed E-state index contributed by atoms with van der Waals surface area (Å²) < 4.78 is 68.2. The van der Waals surface area contributed by atoms with Crippen molar-refractivity contribution >= 4 is 39.5 Å². The van der Waals surface area contributed by atoms with Gasteiger partial charge in [0.1, 0.15) is 19.3 Å². The number of phosphoric acid groups is 2. The van der Waals surface area contributed by atoms with Gasteiger partial charge in [0, 0.05) is 25.7 Å². The van der Waals surface area contributed by atoms with E-state index in [1.54, 1.807) is 0 Å². The van der Waals surface area contributed by atoms with Gasteiger partial charge in [-0.05, 0) is 109 Å². The molecule has 92 heavy (non-hydrogen) atoms. The Labute approximate surface area is 557 Å². The van der Waals surface area contributed by atoms with Crippen LogP contribution in [0, 0.1) is 0 Å². The molecule has 0 aliphatic carbocycles. The molecule has 0 amide bonds. The predicted octanol–water partition coefficient (Wildman–Crippen LogP) is 19.9. The Hall–Kier alpha value is -3.76. The molecule has 0 aromatic heterocycles. The molecule has 5 unspecified atom stereocenters. The van der Waals surface area contributed by atoms with E-state index in [2.05, 4.69) is 113 Å². The van der Waals surface area contributed by atoms with Crippen LogP contribution in [0.15, 0.2) is 85.1 Å². The molecule has 0 rings (SSSR count). The maximum absolute atomic E-state index is 13.0. The number of carbonyl (C=O) groups is 4. The van der Waals surface area contributed by atoms with Crippen molar-refractivity contribution in [1.82, 2.24) is 0 Å². The van der Waals surface area contributed by atoms with E-state index in [9.17, 15) is 43.2 Å². The molecule has 19 heteroatoms. The molecule has 0 saturated heterocycles. The van der Waals surface area contributed by atoms with Crippen LogP contribution >= 0.6 is 15.6 Å². The SMILES string of the molecule is CC/C=C\C/C=C\C/C=C\C/C=C\CCCCC(=O)OCC(COP(=O)(O)OCC(O)COP(=O)(O)OCC(COC(=O)CCCCCCCCCCCCCCC)OC(=O)CCCCCCC/C=C\CCCC)OC(=O)CCCCCCC/C=C\C/C=C\CCC. The number of aliphatic hydroxyl groups is 1. The number of allylic oxidation sites excluding steroid dienone is 14. The minimum absolute atomic E-state index is 0.0699. The Kier molecular flexibility index (Phi) is 63.2. The number of phosphoric ester groups is 2. The summed E-state index contributed by atoms with van der Waals surface area (Å²) in [6.07, 6.45) is 64.6. The number of aliphatic hydroxyl groups excluding tert-OH is 1. The van der Waals surface area contributed by atoms with Gasteiger partial charge in [-0.2, -0.15) is 0 Å². The second-order valence-corrected chi connectivity index (χ2v) is 26.7. The van der Waals surface area contributed by atoms with E-state index in [0.717, 1.165) is 148 Å². The number of hydrogen-bond donors (Lipinski definition) is 3. The number of ether oxygens (including phenoxy) is 4. The van der Waals surface area contributed by atoms with E-state index in [0.29, 0.717) is 25.7 Å². The summed E-state index contributed by atoms with van der Waals surface area (Å²) in [5.41, 5.74) is 0. The fraction of sp³-hybridized carbons (Fsp3) is 0.753. The maximum Gasteiger partial charge on any atom is 0.472 e. The second-order valence-electron chi connectivity index (χ2n) is 23.8. The molecule has 0 aliphatic heterocycles. The van der Waals surface area contributed by atoms with Gasteiger partial charge in [0.2, 0.25) is 0 Å². The smallest absolute Gasteiger partial charge is 0.462 e. The van der Waals surface area contributed by atoms with Crippen molar-refractivity contribution in [1.29, 1.82) is 0 Å². The Morgan fingerprint density at radius 3 is 0.978 bits per heavy atom. The molecule has 3 N–H and O–H groups in total. The van der Waals surface area contributed by atoms with E-state index < -0.39 is 97.5 Å². The Morgan fingerprint density at radius 1 is 0.315 bits per heavy atom. The lowest BCUT2D eigenvalue weighted by Crippen LogP contribution is -2.30. The van der Waals surface area contributed by atoms with Crippen molar-refractivity contribution in [3.05, 3.63) is 85.1 Å². The summed E-state index contributed by atoms with van der Waals surface area (Å²) in [6.45, 7) is 4.58. The number of unbranched alkanes of at least 4 members (excludes halogenated alkanes) is 27. The van der Waals surface area contributed by atoms with E-state index in [4.69, 9.17) is 37.0 Å². The van der Waals surface area contributed by atoms with Gasteiger partial charge in [-0.3, -0.25) is 37.3 Å². The van der Waals surface area contributed by atoms with Gasteiger partial charge < -0.3 is 33.8 Å². The van der Waals surface area contributed by atoms with Crippen LogP contribution in [0.25, 0.3) is 0 Å². The first-order valence-electron chi connectivity index (χ1n) is 35.8. The number of carbonyl (C=O) groups excluding carboxylic acids is 4. The lowest BCUT2D eigenvalue weighted by Gasteiger charge is -2.21. The normalized spacial score (nSPS) is 14.6. The molecule has 0 aromatic carbocycles. The molecule has 0 fully saturated rings. The molecule has 532 valence electrons. The van der Waals surface area contributed by atoms with Crippen LogP contribution < -0.4 is 0 Å². The van der Waals surface area contributed by atoms with E-state index in [1.807, 2.05) is 0 Å². The van der Waals surface area contributed by atoms with Gasteiger partial charge >= 0.3 is 39.5 Å². The summed E-state index contributed by atoms with van der Waals surface area (Å²) in [5, 5.41) is 10.6. The third kappa shape index (κ3) is 64.9. The standard InChI is InChI=1S/C73H128O17P2/c1-5-9-13-17-21-25-29-32-33-36-39-42-46-50-54-58-71(76)84-64-69(90-73(78)60-56-52-48-44-40-35-31-27-23-19-15-11-7-3)66-88-92(81,82)86-62-67(74)61-85-91(79,80)87-65-68(89-72(77)59-55-51-47-43-37-28-24-20-16-12-8-4)63-83-70(75)57-53-49-45-41-38-34-30-26-22-18-14-10-6-2/h9,13,15,19-21,24-25,27,31-33,39,42,67-69,74H,5-8,10-12,14,16-18,22-23,26,28-30,34-38,40-41,43-66H2,1-4H3,(H,79,80)(H,81,82)/b13-9-,19-15-,24-20-,25-21-,31-27-,33-32-,42-39-. The number of hydrogen-bond acceptors (Lipinski definition) is 15. The zero-order chi connectivity index (χ0) is 67.5. The monoisotopic (exact) mass is 1340 g/mol.